The first-order valence-corrected chi connectivity index (χ1v) is 3.97. The lowest BCUT2D eigenvalue weighted by molar-refractivity contribution is 0.0770. The van der Waals surface area contributed by atoms with Gasteiger partial charge in [0.2, 0.25) is 0 Å². The van der Waals surface area contributed by atoms with Gasteiger partial charge in [-0.3, -0.25) is 0 Å². The zero-order valence-corrected chi connectivity index (χ0v) is 6.96. The fourth-order valence-corrected chi connectivity index (χ4v) is 1.12. The molecule has 1 aliphatic heterocycles. The van der Waals surface area contributed by atoms with Crippen LogP contribution in [0.5, 0.6) is 0 Å². The van der Waals surface area contributed by atoms with E-state index >= 15 is 0 Å². The first-order chi connectivity index (χ1) is 5.86. The van der Waals surface area contributed by atoms with Crippen molar-refractivity contribution in [1.82, 2.24) is 0 Å². The second-order valence-electron chi connectivity index (χ2n) is 2.73. The molecule has 0 aromatic carbocycles. The predicted octanol–water partition coefficient (Wildman–Crippen LogP) is 1.92. The first-order valence-electron chi connectivity index (χ1n) is 3.97. The first kappa shape index (κ1) is 7.26. The Bertz CT molecular complexity index is 315. The number of rotatable bonds is 0. The zero-order valence-electron chi connectivity index (χ0n) is 6.96. The van der Waals surface area contributed by atoms with Crippen LogP contribution in [0.2, 0.25) is 0 Å². The Morgan fingerprint density at radius 1 is 1.17 bits per heavy atom. The molecular weight excluding hydrogens is 152 g/mol. The van der Waals surface area contributed by atoms with Gasteiger partial charge in [0.1, 0.15) is 13.2 Å². The quantitative estimate of drug-likeness (QED) is 0.506. The van der Waals surface area contributed by atoms with Gasteiger partial charge in [-0.1, -0.05) is 0 Å². The Hall–Kier alpha value is -1.40. The van der Waals surface area contributed by atoms with Crippen molar-refractivity contribution in [3.05, 3.63) is 41.1 Å². The molecule has 0 atom stereocenters. The van der Waals surface area contributed by atoms with Gasteiger partial charge in [0.25, 0.3) is 0 Å². The average molecular weight is 162 g/mol. The maximum absolute atomic E-state index is 5.39. The molecule has 2 heteroatoms. The summed E-state index contributed by atoms with van der Waals surface area (Å²) in [5, 5.41) is 0. The van der Waals surface area contributed by atoms with Crippen molar-refractivity contribution in [2.45, 2.75) is 6.92 Å². The fourth-order valence-electron chi connectivity index (χ4n) is 1.12. The molecule has 2 aliphatic rings. The van der Waals surface area contributed by atoms with Gasteiger partial charge in [-0.25, -0.2) is 0 Å². The van der Waals surface area contributed by atoms with Crippen LogP contribution in [0.15, 0.2) is 41.1 Å². The van der Waals surface area contributed by atoms with Crippen molar-refractivity contribution in [2.24, 2.45) is 0 Å². The zero-order chi connectivity index (χ0) is 8.39. The van der Waals surface area contributed by atoms with E-state index in [1.54, 1.807) is 0 Å². The van der Waals surface area contributed by atoms with E-state index in [0.717, 1.165) is 17.1 Å². The molecule has 0 fully saturated rings. The number of hydrogen-bond acceptors (Lipinski definition) is 2. The molecule has 0 amide bonds. The third-order valence-electron chi connectivity index (χ3n) is 1.76. The van der Waals surface area contributed by atoms with E-state index in [9.17, 15) is 0 Å². The normalized spacial score (nSPS) is 20.6. The number of ether oxygens (including phenoxy) is 2. The molecule has 2 nitrogen and oxygen atoms in total. The molecule has 1 aliphatic carbocycles. The van der Waals surface area contributed by atoms with Crippen molar-refractivity contribution >= 4 is 0 Å². The molecule has 0 saturated carbocycles. The van der Waals surface area contributed by atoms with E-state index < -0.39 is 0 Å². The van der Waals surface area contributed by atoms with Crippen molar-refractivity contribution in [3.63, 3.8) is 0 Å². The minimum Gasteiger partial charge on any atom is -0.486 e. The van der Waals surface area contributed by atoms with E-state index in [2.05, 4.69) is 5.73 Å². The molecule has 62 valence electrons. The van der Waals surface area contributed by atoms with Gasteiger partial charge in [0.05, 0.1) is 0 Å². The van der Waals surface area contributed by atoms with E-state index in [-0.39, 0.29) is 0 Å². The highest BCUT2D eigenvalue weighted by Gasteiger charge is 2.11. The summed E-state index contributed by atoms with van der Waals surface area (Å²) in [5.74, 6) is 1.60. The maximum atomic E-state index is 5.39. The van der Waals surface area contributed by atoms with Gasteiger partial charge in [-0.05, 0) is 24.6 Å². The Morgan fingerprint density at radius 2 is 1.92 bits per heavy atom. The Kier molecular flexibility index (Phi) is 1.77. The molecule has 0 aromatic rings. The topological polar surface area (TPSA) is 18.5 Å². The summed E-state index contributed by atoms with van der Waals surface area (Å²) in [5.41, 5.74) is 4.17. The van der Waals surface area contributed by atoms with Crippen LogP contribution in [0.3, 0.4) is 0 Å². The van der Waals surface area contributed by atoms with Crippen molar-refractivity contribution in [3.8, 4) is 0 Å². The highest BCUT2D eigenvalue weighted by atomic mass is 16.6. The predicted molar refractivity (Wildman–Crippen MR) is 45.3 cm³/mol. The summed E-state index contributed by atoms with van der Waals surface area (Å²) in [6, 6.07) is 0. The lowest BCUT2D eigenvalue weighted by Gasteiger charge is -2.17. The van der Waals surface area contributed by atoms with Gasteiger partial charge in [-0.15, -0.1) is 5.73 Å². The Labute approximate surface area is 71.5 Å². The largest absolute Gasteiger partial charge is 0.486 e. The molecular formula is C10H10O2. The minimum atomic E-state index is 0.629. The summed E-state index contributed by atoms with van der Waals surface area (Å²) in [4.78, 5) is 0. The second-order valence-corrected chi connectivity index (χ2v) is 2.73. The third kappa shape index (κ3) is 1.29. The van der Waals surface area contributed by atoms with Gasteiger partial charge < -0.3 is 9.47 Å². The molecule has 0 saturated heterocycles. The minimum absolute atomic E-state index is 0.629. The molecule has 0 N–H and O–H groups in total. The van der Waals surface area contributed by atoms with Crippen LogP contribution in [0.1, 0.15) is 6.92 Å². The SMILES string of the molecule is CC1=C=CC2=C(C=C1)OCCO2. The summed E-state index contributed by atoms with van der Waals surface area (Å²) < 4.78 is 10.8. The van der Waals surface area contributed by atoms with E-state index in [1.165, 1.54) is 0 Å². The standard InChI is InChI=1S/C10H10O2/c1-8-2-4-9-10(5-3-8)12-7-6-11-9/h2,4-5H,6-7H2,1H3. The molecule has 0 unspecified atom stereocenters. The van der Waals surface area contributed by atoms with Gasteiger partial charge >= 0.3 is 0 Å². The molecule has 0 bridgehead atoms. The van der Waals surface area contributed by atoms with Crippen LogP contribution >= 0.6 is 0 Å². The molecule has 12 heavy (non-hydrogen) atoms. The number of hydrogen-bond donors (Lipinski definition) is 0. The maximum Gasteiger partial charge on any atom is 0.169 e. The van der Waals surface area contributed by atoms with E-state index in [4.69, 9.17) is 9.47 Å². The summed E-state index contributed by atoms with van der Waals surface area (Å²) in [6.07, 6.45) is 5.71. The summed E-state index contributed by atoms with van der Waals surface area (Å²) >= 11 is 0. The molecule has 1 heterocycles. The van der Waals surface area contributed by atoms with Crippen molar-refractivity contribution < 1.29 is 9.47 Å². The lowest BCUT2D eigenvalue weighted by Crippen LogP contribution is -2.11. The van der Waals surface area contributed by atoms with Crippen molar-refractivity contribution in [2.75, 3.05) is 13.2 Å². The fraction of sp³-hybridized carbons (Fsp3) is 0.300. The van der Waals surface area contributed by atoms with Crippen LogP contribution in [-0.2, 0) is 9.47 Å². The van der Waals surface area contributed by atoms with Gasteiger partial charge in [0.15, 0.2) is 11.5 Å². The van der Waals surface area contributed by atoms with Gasteiger partial charge in [0, 0.05) is 6.08 Å². The van der Waals surface area contributed by atoms with Crippen molar-refractivity contribution in [1.29, 1.82) is 0 Å². The Balaban J connectivity index is 2.38. The highest BCUT2D eigenvalue weighted by molar-refractivity contribution is 5.34. The van der Waals surface area contributed by atoms with Crippen LogP contribution in [0.25, 0.3) is 0 Å². The molecule has 0 spiro atoms. The Morgan fingerprint density at radius 3 is 2.75 bits per heavy atom. The monoisotopic (exact) mass is 162 g/mol. The van der Waals surface area contributed by atoms with Crippen LogP contribution in [0, 0.1) is 0 Å². The van der Waals surface area contributed by atoms with E-state index in [1.807, 2.05) is 25.2 Å². The smallest absolute Gasteiger partial charge is 0.169 e. The van der Waals surface area contributed by atoms with Crippen LogP contribution in [0.4, 0.5) is 0 Å². The third-order valence-corrected chi connectivity index (χ3v) is 1.76. The summed E-state index contributed by atoms with van der Waals surface area (Å²) in [7, 11) is 0. The van der Waals surface area contributed by atoms with Gasteiger partial charge in [-0.2, -0.15) is 0 Å². The van der Waals surface area contributed by atoms with E-state index in [0.29, 0.717) is 13.2 Å². The second kappa shape index (κ2) is 2.92. The highest BCUT2D eigenvalue weighted by Crippen LogP contribution is 2.18. The molecule has 2 rings (SSSR count). The number of allylic oxidation sites excluding steroid dienone is 3. The van der Waals surface area contributed by atoms with Crippen LogP contribution < -0.4 is 0 Å². The summed E-state index contributed by atoms with van der Waals surface area (Å²) in [6.45, 7) is 3.26. The lowest BCUT2D eigenvalue weighted by atomic mass is 10.3. The molecule has 0 aromatic heterocycles. The average Bonchev–Trinajstić information content (AvgIpc) is 2.29. The van der Waals surface area contributed by atoms with Crippen LogP contribution in [-0.4, -0.2) is 13.2 Å². The molecule has 0 radical (unpaired) electrons.